The minimum atomic E-state index is -1.22. The van der Waals surface area contributed by atoms with Gasteiger partial charge < -0.3 is 38.3 Å². The van der Waals surface area contributed by atoms with E-state index < -0.39 is 48.4 Å². The normalized spacial score (nSPS) is 13.7. The van der Waals surface area contributed by atoms with Crippen molar-refractivity contribution < 1.29 is 24.3 Å². The number of carbonyl (C=O) groups excluding carboxylic acids is 3. The summed E-state index contributed by atoms with van der Waals surface area (Å²) in [6, 6.07) is -2.70. The molecule has 166 valence electrons. The number of nitrogens with one attached hydrogen (secondary N) is 3. The molecule has 0 aromatic carbocycles. The summed E-state index contributed by atoms with van der Waals surface area (Å²) in [6.45, 7) is 4.95. The van der Waals surface area contributed by atoms with E-state index in [2.05, 4.69) is 20.9 Å². The average Bonchev–Trinajstić information content (AvgIpc) is 2.60. The van der Waals surface area contributed by atoms with Gasteiger partial charge in [-0.25, -0.2) is 0 Å². The number of hydrogen-bond donors (Lipinski definition) is 7. The second kappa shape index (κ2) is 13.3. The van der Waals surface area contributed by atoms with Gasteiger partial charge in [0.25, 0.3) is 0 Å². The Morgan fingerprint density at radius 3 is 2.14 bits per heavy atom. The van der Waals surface area contributed by atoms with Crippen molar-refractivity contribution in [1.82, 2.24) is 16.0 Å². The number of amides is 3. The molecule has 10 N–H and O–H groups in total. The molecule has 0 aliphatic rings. The van der Waals surface area contributed by atoms with Gasteiger partial charge in [-0.2, -0.15) is 0 Å². The van der Waals surface area contributed by atoms with E-state index in [1.54, 1.807) is 0 Å². The van der Waals surface area contributed by atoms with Crippen LogP contribution >= 0.6 is 0 Å². The zero-order valence-electron chi connectivity index (χ0n) is 17.1. The highest BCUT2D eigenvalue weighted by Crippen LogP contribution is 2.03. The molecule has 0 radical (unpaired) electrons. The van der Waals surface area contributed by atoms with Crippen LogP contribution in [0.4, 0.5) is 0 Å². The van der Waals surface area contributed by atoms with Crippen LogP contribution in [0, 0.1) is 5.92 Å². The van der Waals surface area contributed by atoms with Crippen LogP contribution < -0.4 is 33.2 Å². The summed E-state index contributed by atoms with van der Waals surface area (Å²) in [5.74, 6) is -2.85. The second-order valence-corrected chi connectivity index (χ2v) is 7.09. The molecule has 0 aromatic heterocycles. The van der Waals surface area contributed by atoms with Crippen molar-refractivity contribution in [3.8, 4) is 0 Å². The van der Waals surface area contributed by atoms with Crippen LogP contribution in [0.3, 0.4) is 0 Å². The first-order valence-corrected chi connectivity index (χ1v) is 9.35. The number of carboxylic acid groups (broad SMARTS) is 1. The molecule has 29 heavy (non-hydrogen) atoms. The van der Waals surface area contributed by atoms with Gasteiger partial charge in [0.1, 0.15) is 18.6 Å². The number of carboxylic acids is 1. The number of aliphatic carboxylic acids is 1. The predicted octanol–water partition coefficient (Wildman–Crippen LogP) is -2.40. The molecule has 0 aliphatic heterocycles. The molecule has 12 nitrogen and oxygen atoms in total. The zero-order chi connectivity index (χ0) is 22.6. The Bertz CT molecular complexity index is 605. The summed E-state index contributed by atoms with van der Waals surface area (Å²) in [6.07, 6.45) is 0.996. The van der Waals surface area contributed by atoms with Crippen LogP contribution in [-0.4, -0.2) is 66.0 Å². The van der Waals surface area contributed by atoms with Crippen LogP contribution in [0.25, 0.3) is 0 Å². The van der Waals surface area contributed by atoms with E-state index in [1.165, 1.54) is 6.92 Å². The molecule has 0 saturated heterocycles. The van der Waals surface area contributed by atoms with Crippen LogP contribution in [0.1, 0.15) is 40.0 Å². The summed E-state index contributed by atoms with van der Waals surface area (Å²) < 4.78 is 0. The number of hydrogen-bond acceptors (Lipinski definition) is 6. The molecule has 0 heterocycles. The minimum Gasteiger partial charge on any atom is -0.480 e. The highest BCUT2D eigenvalue weighted by atomic mass is 16.4. The number of aliphatic imine (C=N–C) groups is 1. The molecular formula is C17H33N7O5. The number of rotatable bonds is 13. The van der Waals surface area contributed by atoms with Crippen LogP contribution in [-0.2, 0) is 19.2 Å². The van der Waals surface area contributed by atoms with Crippen LogP contribution in [0.15, 0.2) is 4.99 Å². The molecule has 3 amide bonds. The van der Waals surface area contributed by atoms with Crippen molar-refractivity contribution >= 4 is 29.7 Å². The number of carbonyl (C=O) groups is 4. The molecule has 3 unspecified atom stereocenters. The van der Waals surface area contributed by atoms with E-state index in [-0.39, 0.29) is 24.8 Å². The Hall–Kier alpha value is -2.89. The van der Waals surface area contributed by atoms with E-state index >= 15 is 0 Å². The molecule has 0 aromatic rings. The molecule has 0 aliphatic carbocycles. The first-order valence-electron chi connectivity index (χ1n) is 9.35. The van der Waals surface area contributed by atoms with Crippen molar-refractivity contribution in [2.45, 2.75) is 58.2 Å². The van der Waals surface area contributed by atoms with Crippen LogP contribution in [0.5, 0.6) is 0 Å². The van der Waals surface area contributed by atoms with Gasteiger partial charge in [-0.3, -0.25) is 24.2 Å². The maximum Gasteiger partial charge on any atom is 0.322 e. The lowest BCUT2D eigenvalue weighted by molar-refractivity contribution is -0.138. The first kappa shape index (κ1) is 26.1. The minimum absolute atomic E-state index is 0.102. The third-order valence-electron chi connectivity index (χ3n) is 3.81. The topological polar surface area (TPSA) is 215 Å². The van der Waals surface area contributed by atoms with E-state index in [1.807, 2.05) is 13.8 Å². The summed E-state index contributed by atoms with van der Waals surface area (Å²) in [4.78, 5) is 51.1. The zero-order valence-corrected chi connectivity index (χ0v) is 17.1. The van der Waals surface area contributed by atoms with E-state index in [0.717, 1.165) is 0 Å². The van der Waals surface area contributed by atoms with Gasteiger partial charge in [0.2, 0.25) is 17.7 Å². The Morgan fingerprint density at radius 1 is 1.00 bits per heavy atom. The van der Waals surface area contributed by atoms with Gasteiger partial charge in [0.05, 0.1) is 6.04 Å². The fraction of sp³-hybridized carbons (Fsp3) is 0.706. The lowest BCUT2D eigenvalue weighted by Gasteiger charge is -2.22. The standard InChI is InChI=1S/C17H33N7O5/c1-9(2)7-11(18)15(28)23-10(3)14(27)24-12(5-4-6-21-17(19)20)16(29)22-8-13(25)26/h9-12H,4-8,18H2,1-3H3,(H,22,29)(H,23,28)(H,24,27)(H,25,26)(H4,19,20,21). The Morgan fingerprint density at radius 2 is 1.62 bits per heavy atom. The Balaban J connectivity index is 4.88. The second-order valence-electron chi connectivity index (χ2n) is 7.09. The number of nitrogens with zero attached hydrogens (tertiary/aromatic N) is 1. The molecule has 3 atom stereocenters. The lowest BCUT2D eigenvalue weighted by atomic mass is 10.0. The summed E-state index contributed by atoms with van der Waals surface area (Å²) >= 11 is 0. The van der Waals surface area contributed by atoms with E-state index in [9.17, 15) is 19.2 Å². The maximum absolute atomic E-state index is 12.4. The monoisotopic (exact) mass is 415 g/mol. The Kier molecular flexibility index (Phi) is 12.0. The summed E-state index contributed by atoms with van der Waals surface area (Å²) in [5, 5.41) is 15.9. The van der Waals surface area contributed by atoms with Gasteiger partial charge in [-0.15, -0.1) is 0 Å². The third kappa shape index (κ3) is 12.2. The lowest BCUT2D eigenvalue weighted by Crippen LogP contribution is -2.55. The van der Waals surface area contributed by atoms with Gasteiger partial charge >= 0.3 is 5.97 Å². The van der Waals surface area contributed by atoms with Crippen LogP contribution in [0.2, 0.25) is 0 Å². The first-order chi connectivity index (χ1) is 13.4. The summed E-state index contributed by atoms with van der Waals surface area (Å²) in [7, 11) is 0. The van der Waals surface area contributed by atoms with E-state index in [0.29, 0.717) is 12.8 Å². The van der Waals surface area contributed by atoms with Crippen molar-refractivity contribution in [3.05, 3.63) is 0 Å². The third-order valence-corrected chi connectivity index (χ3v) is 3.81. The molecule has 12 heteroatoms. The van der Waals surface area contributed by atoms with E-state index in [4.69, 9.17) is 22.3 Å². The molecule has 0 spiro atoms. The maximum atomic E-state index is 12.4. The number of guanidine groups is 1. The van der Waals surface area contributed by atoms with Crippen molar-refractivity contribution in [1.29, 1.82) is 0 Å². The van der Waals surface area contributed by atoms with Crippen molar-refractivity contribution in [3.63, 3.8) is 0 Å². The SMILES string of the molecule is CC(C)CC(N)C(=O)NC(C)C(=O)NC(CCCN=C(N)N)C(=O)NCC(=O)O. The molecule has 0 saturated carbocycles. The van der Waals surface area contributed by atoms with Gasteiger partial charge in [-0.1, -0.05) is 13.8 Å². The fourth-order valence-corrected chi connectivity index (χ4v) is 2.36. The predicted molar refractivity (Wildman–Crippen MR) is 108 cm³/mol. The summed E-state index contributed by atoms with van der Waals surface area (Å²) in [5.41, 5.74) is 16.3. The molecular weight excluding hydrogens is 382 g/mol. The molecule has 0 fully saturated rings. The molecule has 0 rings (SSSR count). The smallest absolute Gasteiger partial charge is 0.322 e. The van der Waals surface area contributed by atoms with Gasteiger partial charge in [-0.05, 0) is 32.1 Å². The molecule has 0 bridgehead atoms. The van der Waals surface area contributed by atoms with Gasteiger partial charge in [0, 0.05) is 6.54 Å². The highest BCUT2D eigenvalue weighted by Gasteiger charge is 2.25. The van der Waals surface area contributed by atoms with Gasteiger partial charge in [0.15, 0.2) is 5.96 Å². The Labute approximate surface area is 170 Å². The average molecular weight is 415 g/mol. The number of nitrogens with two attached hydrogens (primary N) is 3. The van der Waals surface area contributed by atoms with Crippen molar-refractivity contribution in [2.75, 3.05) is 13.1 Å². The highest BCUT2D eigenvalue weighted by molar-refractivity contribution is 5.93. The fourth-order valence-electron chi connectivity index (χ4n) is 2.36. The largest absolute Gasteiger partial charge is 0.480 e. The quantitative estimate of drug-likeness (QED) is 0.0975. The van der Waals surface area contributed by atoms with Crippen molar-refractivity contribution in [2.24, 2.45) is 28.1 Å².